The van der Waals surface area contributed by atoms with E-state index in [0.717, 1.165) is 43.3 Å². The van der Waals surface area contributed by atoms with Crippen LogP contribution in [0.5, 0.6) is 0 Å². The lowest BCUT2D eigenvalue weighted by Crippen LogP contribution is -2.39. The number of pyridine rings is 1. The van der Waals surface area contributed by atoms with Gasteiger partial charge in [0.15, 0.2) is 0 Å². The number of imidazole rings is 1. The van der Waals surface area contributed by atoms with Gasteiger partial charge < -0.3 is 9.67 Å². The van der Waals surface area contributed by atoms with E-state index in [1.165, 1.54) is 4.90 Å². The van der Waals surface area contributed by atoms with Gasteiger partial charge in [-0.15, -0.1) is 0 Å². The van der Waals surface area contributed by atoms with Crippen LogP contribution in [-0.4, -0.2) is 32.3 Å². The quantitative estimate of drug-likeness (QED) is 0.509. The van der Waals surface area contributed by atoms with Gasteiger partial charge in [-0.25, -0.2) is 9.78 Å². The van der Waals surface area contributed by atoms with Crippen molar-refractivity contribution in [2.24, 2.45) is 11.3 Å². The van der Waals surface area contributed by atoms with E-state index in [0.29, 0.717) is 23.5 Å². The van der Waals surface area contributed by atoms with Gasteiger partial charge in [-0.05, 0) is 74.8 Å². The number of benzene rings is 1. The summed E-state index contributed by atoms with van der Waals surface area (Å²) in [5.41, 5.74) is 2.82. The molecular formula is C27H30N6O2. The van der Waals surface area contributed by atoms with E-state index in [-0.39, 0.29) is 11.3 Å². The average Bonchev–Trinajstić information content (AvgIpc) is 3.23. The molecule has 0 spiro atoms. The second kappa shape index (κ2) is 9.38. The molecule has 0 aliphatic heterocycles. The fourth-order valence-corrected chi connectivity index (χ4v) is 5.21. The van der Waals surface area contributed by atoms with Crippen molar-refractivity contribution in [2.45, 2.75) is 58.4 Å². The molecule has 0 saturated heterocycles. The predicted octanol–water partition coefficient (Wildman–Crippen LogP) is 5.49. The molecule has 1 saturated carbocycles. The number of hydrogen-bond donors (Lipinski definition) is 1. The maximum Gasteiger partial charge on any atom is 0.411 e. The van der Waals surface area contributed by atoms with Gasteiger partial charge in [-0.1, -0.05) is 13.3 Å². The van der Waals surface area contributed by atoms with Crippen LogP contribution in [0.15, 0.2) is 42.9 Å². The second-order valence-electron chi connectivity index (χ2n) is 10.5. The van der Waals surface area contributed by atoms with Gasteiger partial charge in [-0.3, -0.25) is 9.88 Å². The molecule has 1 fully saturated rings. The number of carbonyl (C=O) groups is 1. The smallest absolute Gasteiger partial charge is 0.411 e. The first-order chi connectivity index (χ1) is 16.6. The van der Waals surface area contributed by atoms with Crippen LogP contribution in [0.2, 0.25) is 0 Å². The van der Waals surface area contributed by atoms with Crippen molar-refractivity contribution in [2.75, 3.05) is 11.4 Å². The minimum absolute atomic E-state index is 0.0116. The van der Waals surface area contributed by atoms with Crippen molar-refractivity contribution in [3.8, 4) is 12.1 Å². The summed E-state index contributed by atoms with van der Waals surface area (Å²) >= 11 is 0. The van der Waals surface area contributed by atoms with Gasteiger partial charge in [0.05, 0.1) is 58.1 Å². The summed E-state index contributed by atoms with van der Waals surface area (Å²) in [6, 6.07) is 13.4. The van der Waals surface area contributed by atoms with Crippen molar-refractivity contribution in [3.63, 3.8) is 0 Å². The van der Waals surface area contributed by atoms with Crippen LogP contribution >= 0.6 is 0 Å². The number of amides is 1. The largest absolute Gasteiger partial charge is 0.465 e. The zero-order valence-corrected chi connectivity index (χ0v) is 20.4. The molecule has 0 bridgehead atoms. The topological polar surface area (TPSA) is 119 Å². The Morgan fingerprint density at radius 2 is 2.09 bits per heavy atom. The summed E-state index contributed by atoms with van der Waals surface area (Å²) in [7, 11) is 0. The molecular weight excluding hydrogens is 440 g/mol. The Hall–Kier alpha value is -3.91. The maximum absolute atomic E-state index is 12.1. The van der Waals surface area contributed by atoms with Crippen LogP contribution in [0.4, 0.5) is 10.5 Å². The zero-order chi connectivity index (χ0) is 25.2. The highest BCUT2D eigenvalue weighted by atomic mass is 16.4. The van der Waals surface area contributed by atoms with E-state index in [2.05, 4.69) is 33.6 Å². The molecule has 1 aliphatic rings. The summed E-state index contributed by atoms with van der Waals surface area (Å²) in [5, 5.41) is 28.6. The first-order valence-corrected chi connectivity index (χ1v) is 11.9. The van der Waals surface area contributed by atoms with Crippen LogP contribution in [0.25, 0.3) is 11.0 Å². The predicted molar refractivity (Wildman–Crippen MR) is 133 cm³/mol. The summed E-state index contributed by atoms with van der Waals surface area (Å²) in [6.45, 7) is 7.00. The highest BCUT2D eigenvalue weighted by Gasteiger charge is 2.35. The monoisotopic (exact) mass is 470 g/mol. The second-order valence-corrected chi connectivity index (χ2v) is 10.5. The maximum atomic E-state index is 12.1. The molecule has 1 aliphatic carbocycles. The van der Waals surface area contributed by atoms with Crippen LogP contribution in [0.3, 0.4) is 0 Å². The SMILES string of the molecule is CC(C)(C#N)c1ccc(N(CC2CCC[C@](C)(Cn3cnc4ccc(C#N)cc43)C2)C(=O)O)cn1. The van der Waals surface area contributed by atoms with Crippen LogP contribution in [0.1, 0.15) is 57.7 Å². The molecule has 2 heterocycles. The molecule has 35 heavy (non-hydrogen) atoms. The van der Waals surface area contributed by atoms with Crippen molar-refractivity contribution in [1.29, 1.82) is 10.5 Å². The van der Waals surface area contributed by atoms with Crippen molar-refractivity contribution >= 4 is 22.8 Å². The van der Waals surface area contributed by atoms with E-state index in [1.54, 1.807) is 38.2 Å². The summed E-state index contributed by atoms with van der Waals surface area (Å²) in [6.07, 6.45) is 6.31. The lowest BCUT2D eigenvalue weighted by molar-refractivity contribution is 0.136. The number of fused-ring (bicyclic) bond motifs is 1. The number of rotatable bonds is 6. The summed E-state index contributed by atoms with van der Waals surface area (Å²) in [5.74, 6) is 0.213. The van der Waals surface area contributed by atoms with Crippen molar-refractivity contribution in [1.82, 2.24) is 14.5 Å². The molecule has 3 aromatic rings. The summed E-state index contributed by atoms with van der Waals surface area (Å²) in [4.78, 5) is 22.4. The number of hydrogen-bond acceptors (Lipinski definition) is 5. The highest BCUT2D eigenvalue weighted by molar-refractivity contribution is 5.85. The molecule has 1 aromatic carbocycles. The lowest BCUT2D eigenvalue weighted by atomic mass is 9.70. The first-order valence-electron chi connectivity index (χ1n) is 11.9. The van der Waals surface area contributed by atoms with E-state index < -0.39 is 11.5 Å². The third-order valence-electron chi connectivity index (χ3n) is 7.13. The van der Waals surface area contributed by atoms with E-state index in [4.69, 9.17) is 0 Å². The molecule has 1 unspecified atom stereocenters. The van der Waals surface area contributed by atoms with Gasteiger partial charge in [0, 0.05) is 13.1 Å². The van der Waals surface area contributed by atoms with E-state index >= 15 is 0 Å². The molecule has 2 aromatic heterocycles. The number of nitriles is 2. The Morgan fingerprint density at radius 1 is 1.29 bits per heavy atom. The normalized spacial score (nSPS) is 20.2. The van der Waals surface area contributed by atoms with E-state index in [1.807, 2.05) is 18.5 Å². The standard InChI is InChI=1S/C27H30N6O2/c1-26(2,16-29)24-9-7-21(14-30-24)33(25(34)35)15-20-5-4-10-27(3,12-20)17-32-18-31-22-8-6-19(13-28)11-23(22)32/h6-9,11,14,18,20H,4-5,10,12,15,17H2,1-3H3,(H,34,35)/t20?,27-/m0/s1. The van der Waals surface area contributed by atoms with Gasteiger partial charge in [0.1, 0.15) is 0 Å². The third-order valence-corrected chi connectivity index (χ3v) is 7.13. The van der Waals surface area contributed by atoms with E-state index in [9.17, 15) is 20.4 Å². The average molecular weight is 471 g/mol. The molecule has 1 N–H and O–H groups in total. The minimum Gasteiger partial charge on any atom is -0.465 e. The molecule has 180 valence electrons. The fourth-order valence-electron chi connectivity index (χ4n) is 5.21. The summed E-state index contributed by atoms with van der Waals surface area (Å²) < 4.78 is 2.12. The molecule has 1 amide bonds. The Bertz CT molecular complexity index is 1310. The Balaban J connectivity index is 1.50. The molecule has 8 nitrogen and oxygen atoms in total. The molecule has 0 radical (unpaired) electrons. The number of carboxylic acid groups (broad SMARTS) is 1. The molecule has 8 heteroatoms. The first kappa shape index (κ1) is 24.2. The minimum atomic E-state index is -1.00. The Kier molecular flexibility index (Phi) is 6.49. The Labute approximate surface area is 205 Å². The van der Waals surface area contributed by atoms with Crippen molar-refractivity contribution < 1.29 is 9.90 Å². The van der Waals surface area contributed by atoms with Gasteiger partial charge in [0.25, 0.3) is 0 Å². The zero-order valence-electron chi connectivity index (χ0n) is 20.4. The third kappa shape index (κ3) is 5.12. The van der Waals surface area contributed by atoms with Crippen molar-refractivity contribution in [3.05, 3.63) is 54.1 Å². The van der Waals surface area contributed by atoms with Crippen LogP contribution in [-0.2, 0) is 12.0 Å². The fraction of sp³-hybridized carbons (Fsp3) is 0.444. The number of anilines is 1. The highest BCUT2D eigenvalue weighted by Crippen LogP contribution is 2.41. The van der Waals surface area contributed by atoms with Crippen LogP contribution in [0, 0.1) is 34.0 Å². The molecule has 2 atom stereocenters. The number of nitrogens with zero attached hydrogens (tertiary/aromatic N) is 6. The van der Waals surface area contributed by atoms with Gasteiger partial charge >= 0.3 is 6.09 Å². The Morgan fingerprint density at radius 3 is 2.74 bits per heavy atom. The molecule has 4 rings (SSSR count). The lowest BCUT2D eigenvalue weighted by Gasteiger charge is -2.40. The van der Waals surface area contributed by atoms with Crippen LogP contribution < -0.4 is 4.90 Å². The van der Waals surface area contributed by atoms with Gasteiger partial charge in [0.2, 0.25) is 0 Å². The van der Waals surface area contributed by atoms with Gasteiger partial charge in [-0.2, -0.15) is 10.5 Å². The number of aromatic nitrogens is 3.